The molecule has 0 aliphatic carbocycles. The van der Waals surface area contributed by atoms with Gasteiger partial charge >= 0.3 is 6.18 Å². The summed E-state index contributed by atoms with van der Waals surface area (Å²) in [4.78, 5) is 22.4. The molecule has 8 nitrogen and oxygen atoms in total. The monoisotopic (exact) mass is 579 g/mol. The molecule has 1 aromatic carbocycles. The number of piperazine rings is 1. The molecule has 1 fully saturated rings. The number of pyridine rings is 1. The number of likely N-dealkylation sites (N-methyl/N-ethyl adjacent to an activating group) is 1. The van der Waals surface area contributed by atoms with E-state index in [0.29, 0.717) is 35.7 Å². The minimum Gasteiger partial charge on any atom is -0.373 e. The molecule has 2 aromatic heterocycles. The van der Waals surface area contributed by atoms with Gasteiger partial charge in [-0.2, -0.15) is 18.4 Å². The van der Waals surface area contributed by atoms with Crippen molar-refractivity contribution in [3.63, 3.8) is 0 Å². The van der Waals surface area contributed by atoms with Gasteiger partial charge in [0, 0.05) is 57.7 Å². The molecule has 0 atom stereocenters. The van der Waals surface area contributed by atoms with Crippen molar-refractivity contribution in [3.8, 4) is 17.9 Å². The molecule has 1 N–H and O–H groups in total. The first-order chi connectivity index (χ1) is 19.9. The number of halogens is 3. The van der Waals surface area contributed by atoms with Gasteiger partial charge in [0.1, 0.15) is 6.54 Å². The second-order valence-corrected chi connectivity index (χ2v) is 11.2. The Balaban J connectivity index is 1.48. The predicted molar refractivity (Wildman–Crippen MR) is 157 cm³/mol. The summed E-state index contributed by atoms with van der Waals surface area (Å²) in [6.07, 6.45) is -2.79. The Labute approximate surface area is 244 Å². The van der Waals surface area contributed by atoms with E-state index in [0.717, 1.165) is 37.1 Å². The molecule has 0 radical (unpaired) electrons. The number of aromatic nitrogens is 2. The second kappa shape index (κ2) is 12.8. The molecule has 3 heterocycles. The molecular weight excluding hydrogens is 543 g/mol. The molecule has 1 aliphatic heterocycles. The van der Waals surface area contributed by atoms with Gasteiger partial charge in [-0.3, -0.25) is 19.6 Å². The van der Waals surface area contributed by atoms with Gasteiger partial charge in [0.25, 0.3) is 0 Å². The van der Waals surface area contributed by atoms with E-state index in [1.807, 2.05) is 6.07 Å². The smallest absolute Gasteiger partial charge is 0.373 e. The molecule has 4 rings (SSSR count). The number of fused-ring (bicyclic) bond motifs is 1. The van der Waals surface area contributed by atoms with Gasteiger partial charge in [-0.05, 0) is 49.6 Å². The fourth-order valence-corrected chi connectivity index (χ4v) is 4.82. The maximum absolute atomic E-state index is 13.6. The van der Waals surface area contributed by atoms with Crippen LogP contribution in [0.3, 0.4) is 0 Å². The molecule has 1 amide bonds. The number of nitrogens with zero attached hydrogens (tertiary/aromatic N) is 6. The first kappa shape index (κ1) is 30.9. The number of amides is 1. The van der Waals surface area contributed by atoms with Crippen LogP contribution < -0.4 is 5.32 Å². The molecule has 0 saturated carbocycles. The van der Waals surface area contributed by atoms with Crippen LogP contribution in [0.1, 0.15) is 30.8 Å². The molecule has 11 heteroatoms. The summed E-state index contributed by atoms with van der Waals surface area (Å²) in [5.41, 5.74) is 2.38. The summed E-state index contributed by atoms with van der Waals surface area (Å²) < 4.78 is 42.0. The first-order valence-corrected chi connectivity index (χ1v) is 13.8. The Morgan fingerprint density at radius 2 is 1.81 bits per heavy atom. The number of anilines is 1. The zero-order valence-electron chi connectivity index (χ0n) is 24.4. The van der Waals surface area contributed by atoms with Crippen molar-refractivity contribution in [2.45, 2.75) is 38.5 Å². The van der Waals surface area contributed by atoms with Crippen molar-refractivity contribution in [2.75, 3.05) is 58.7 Å². The Bertz CT molecular complexity index is 1500. The minimum absolute atomic E-state index is 0.0669. The van der Waals surface area contributed by atoms with Crippen molar-refractivity contribution in [3.05, 3.63) is 59.5 Å². The number of rotatable bonds is 8. The number of hydrogen-bond donors (Lipinski definition) is 1. The fraction of sp³-hybridized carbons (Fsp3) is 0.452. The molecule has 222 valence electrons. The van der Waals surface area contributed by atoms with E-state index in [1.165, 1.54) is 4.57 Å². The van der Waals surface area contributed by atoms with E-state index in [4.69, 9.17) is 0 Å². The van der Waals surface area contributed by atoms with Crippen LogP contribution in [0, 0.1) is 23.2 Å². The number of nitrogens with one attached hydrogen (secondary N) is 1. The SMILES string of the molecule is CN(C)C(=O)CN1CCN(Cc2cccc3c2cc(C#CCNc2ccc(C(C)(C)C#N)nc2)n3CC(F)(F)F)CC1. The van der Waals surface area contributed by atoms with Crippen LogP contribution in [-0.2, 0) is 23.3 Å². The minimum atomic E-state index is -4.40. The highest BCUT2D eigenvalue weighted by molar-refractivity contribution is 5.86. The highest BCUT2D eigenvalue weighted by atomic mass is 19.4. The zero-order chi connectivity index (χ0) is 30.5. The van der Waals surface area contributed by atoms with Gasteiger partial charge in [-0.25, -0.2) is 0 Å². The highest BCUT2D eigenvalue weighted by Gasteiger charge is 2.30. The summed E-state index contributed by atoms with van der Waals surface area (Å²) in [7, 11) is 3.49. The summed E-state index contributed by atoms with van der Waals surface area (Å²) in [6, 6.07) is 13.0. The molecule has 1 aliphatic rings. The maximum Gasteiger partial charge on any atom is 0.406 e. The van der Waals surface area contributed by atoms with E-state index in [9.17, 15) is 23.2 Å². The van der Waals surface area contributed by atoms with Crippen LogP contribution in [0.5, 0.6) is 0 Å². The second-order valence-electron chi connectivity index (χ2n) is 11.2. The fourth-order valence-electron chi connectivity index (χ4n) is 4.82. The lowest BCUT2D eigenvalue weighted by atomic mass is 9.91. The Morgan fingerprint density at radius 3 is 2.43 bits per heavy atom. The summed E-state index contributed by atoms with van der Waals surface area (Å²) in [5, 5.41) is 13.2. The van der Waals surface area contributed by atoms with E-state index in [1.54, 1.807) is 69.4 Å². The zero-order valence-corrected chi connectivity index (χ0v) is 24.4. The quantitative estimate of drug-likeness (QED) is 0.406. The third-order valence-electron chi connectivity index (χ3n) is 7.37. The average molecular weight is 580 g/mol. The molecule has 0 spiro atoms. The predicted octanol–water partition coefficient (Wildman–Crippen LogP) is 4.07. The lowest BCUT2D eigenvalue weighted by Gasteiger charge is -2.34. The topological polar surface area (TPSA) is 80.4 Å². The van der Waals surface area contributed by atoms with Crippen molar-refractivity contribution in [1.82, 2.24) is 24.3 Å². The van der Waals surface area contributed by atoms with Crippen LogP contribution in [0.2, 0.25) is 0 Å². The third kappa shape index (κ3) is 7.81. The van der Waals surface area contributed by atoms with Crippen LogP contribution in [0.15, 0.2) is 42.6 Å². The van der Waals surface area contributed by atoms with Gasteiger partial charge in [0.05, 0.1) is 47.8 Å². The number of hydrogen-bond acceptors (Lipinski definition) is 6. The Kier molecular flexibility index (Phi) is 9.45. The largest absolute Gasteiger partial charge is 0.406 e. The van der Waals surface area contributed by atoms with E-state index in [2.05, 4.69) is 38.0 Å². The third-order valence-corrected chi connectivity index (χ3v) is 7.37. The summed E-state index contributed by atoms with van der Waals surface area (Å²) in [5.74, 6) is 5.95. The number of alkyl halides is 3. The van der Waals surface area contributed by atoms with E-state index in [-0.39, 0.29) is 12.5 Å². The van der Waals surface area contributed by atoms with Gasteiger partial charge < -0.3 is 14.8 Å². The molecule has 0 unspecified atom stereocenters. The standard InChI is InChI=1S/C31H36F3N7O/c1-30(2,21-35)28-11-10-24(18-37-28)36-12-6-8-25-17-26-23(7-5-9-27(26)41(25)22-31(32,33)34)19-39-13-15-40(16-14-39)20-29(42)38(3)4/h5,7,9-11,17-18,36H,12-16,19-20,22H2,1-4H3. The van der Waals surface area contributed by atoms with Gasteiger partial charge in [-0.15, -0.1) is 0 Å². The number of benzene rings is 1. The molecule has 3 aromatic rings. The Morgan fingerprint density at radius 1 is 1.10 bits per heavy atom. The first-order valence-electron chi connectivity index (χ1n) is 13.8. The lowest BCUT2D eigenvalue weighted by Crippen LogP contribution is -2.48. The van der Waals surface area contributed by atoms with Crippen molar-refractivity contribution in [2.24, 2.45) is 0 Å². The lowest BCUT2D eigenvalue weighted by molar-refractivity contribution is -0.140. The van der Waals surface area contributed by atoms with E-state index < -0.39 is 18.1 Å². The van der Waals surface area contributed by atoms with Gasteiger partial charge in [-0.1, -0.05) is 18.1 Å². The number of carbonyl (C=O) groups is 1. The van der Waals surface area contributed by atoms with Crippen molar-refractivity contribution >= 4 is 22.5 Å². The summed E-state index contributed by atoms with van der Waals surface area (Å²) >= 11 is 0. The number of carbonyl (C=O) groups excluding carboxylic acids is 1. The van der Waals surface area contributed by atoms with Crippen LogP contribution in [0.4, 0.5) is 18.9 Å². The normalized spacial score (nSPS) is 14.7. The Hall–Kier alpha value is -4.06. The summed E-state index contributed by atoms with van der Waals surface area (Å²) in [6.45, 7) is 6.68. The molecule has 0 bridgehead atoms. The highest BCUT2D eigenvalue weighted by Crippen LogP contribution is 2.28. The number of nitriles is 1. The average Bonchev–Trinajstić information content (AvgIpc) is 3.29. The maximum atomic E-state index is 13.6. The van der Waals surface area contributed by atoms with Gasteiger partial charge in [0.15, 0.2) is 0 Å². The van der Waals surface area contributed by atoms with Crippen molar-refractivity contribution in [1.29, 1.82) is 5.26 Å². The molecule has 42 heavy (non-hydrogen) atoms. The van der Waals surface area contributed by atoms with Crippen LogP contribution in [-0.4, -0.2) is 89.7 Å². The van der Waals surface area contributed by atoms with Gasteiger partial charge in [0.2, 0.25) is 5.91 Å². The van der Waals surface area contributed by atoms with Crippen LogP contribution in [0.25, 0.3) is 10.9 Å². The van der Waals surface area contributed by atoms with Crippen molar-refractivity contribution < 1.29 is 18.0 Å². The molecule has 1 saturated heterocycles. The van der Waals surface area contributed by atoms with Crippen LogP contribution >= 0.6 is 0 Å². The molecular formula is C31H36F3N7O. The van der Waals surface area contributed by atoms with E-state index >= 15 is 0 Å².